The second-order valence-corrected chi connectivity index (χ2v) is 3.88. The normalized spacial score (nSPS) is 12.9. The van der Waals surface area contributed by atoms with Crippen LogP contribution in [0.4, 0.5) is 0 Å². The molecule has 0 fully saturated rings. The summed E-state index contributed by atoms with van der Waals surface area (Å²) in [7, 11) is 1.64. The molecule has 0 aromatic carbocycles. The summed E-state index contributed by atoms with van der Waals surface area (Å²) < 4.78 is 4.88. The van der Waals surface area contributed by atoms with Gasteiger partial charge in [0.25, 0.3) is 0 Å². The Bertz CT molecular complexity index is 160. The Morgan fingerprint density at radius 2 is 2.14 bits per heavy atom. The molecule has 3 N–H and O–H groups in total. The van der Waals surface area contributed by atoms with E-state index in [0.717, 1.165) is 6.42 Å². The first kappa shape index (κ1) is 13.4. The molecule has 0 aromatic heterocycles. The maximum absolute atomic E-state index is 11.4. The third kappa shape index (κ3) is 6.86. The van der Waals surface area contributed by atoms with E-state index < -0.39 is 6.04 Å². The number of nitrogens with two attached hydrogens (primary N) is 1. The van der Waals surface area contributed by atoms with Gasteiger partial charge in [-0.05, 0) is 18.8 Å². The van der Waals surface area contributed by atoms with Crippen molar-refractivity contribution in [3.63, 3.8) is 0 Å². The summed E-state index contributed by atoms with van der Waals surface area (Å²) in [5, 5.41) is 2.80. The molecule has 1 unspecified atom stereocenters. The van der Waals surface area contributed by atoms with Gasteiger partial charge < -0.3 is 15.8 Å². The third-order valence-corrected chi connectivity index (χ3v) is 1.88. The van der Waals surface area contributed by atoms with Crippen LogP contribution < -0.4 is 11.1 Å². The molecule has 0 aliphatic rings. The minimum absolute atomic E-state index is 0.0604. The maximum Gasteiger partial charge on any atom is 0.236 e. The van der Waals surface area contributed by atoms with E-state index in [2.05, 4.69) is 19.2 Å². The van der Waals surface area contributed by atoms with E-state index in [-0.39, 0.29) is 5.91 Å². The lowest BCUT2D eigenvalue weighted by Gasteiger charge is -2.13. The summed E-state index contributed by atoms with van der Waals surface area (Å²) in [5.74, 6) is 0.403. The summed E-state index contributed by atoms with van der Waals surface area (Å²) in [6, 6.07) is -0.399. The molecule has 0 radical (unpaired) electrons. The quantitative estimate of drug-likeness (QED) is 0.591. The van der Waals surface area contributed by atoms with Crippen molar-refractivity contribution in [1.29, 1.82) is 0 Å². The molecule has 4 heteroatoms. The molecular weight excluding hydrogens is 180 g/mol. The molecule has 0 aliphatic carbocycles. The van der Waals surface area contributed by atoms with E-state index in [4.69, 9.17) is 10.5 Å². The number of amides is 1. The molecule has 4 nitrogen and oxygen atoms in total. The molecule has 1 amide bonds. The molecule has 0 heterocycles. The van der Waals surface area contributed by atoms with Gasteiger partial charge in [0.2, 0.25) is 5.91 Å². The third-order valence-electron chi connectivity index (χ3n) is 1.88. The van der Waals surface area contributed by atoms with E-state index in [1.165, 1.54) is 0 Å². The zero-order chi connectivity index (χ0) is 11.0. The van der Waals surface area contributed by atoms with Crippen molar-refractivity contribution in [3.05, 3.63) is 0 Å². The number of methoxy groups -OCH3 is 1. The summed E-state index contributed by atoms with van der Waals surface area (Å²) >= 11 is 0. The Kier molecular flexibility index (Phi) is 7.42. The van der Waals surface area contributed by atoms with Crippen molar-refractivity contribution < 1.29 is 9.53 Å². The van der Waals surface area contributed by atoms with Crippen molar-refractivity contribution >= 4 is 5.91 Å². The average molecular weight is 202 g/mol. The van der Waals surface area contributed by atoms with Crippen LogP contribution in [-0.2, 0) is 9.53 Å². The molecule has 0 rings (SSSR count). The summed E-state index contributed by atoms with van der Waals surface area (Å²) in [5.41, 5.74) is 5.68. The Morgan fingerprint density at radius 3 is 2.64 bits per heavy atom. The predicted molar refractivity (Wildman–Crippen MR) is 56.9 cm³/mol. The van der Waals surface area contributed by atoms with Gasteiger partial charge in [0.15, 0.2) is 0 Å². The predicted octanol–water partition coefficient (Wildman–Crippen LogP) is 0.513. The van der Waals surface area contributed by atoms with Gasteiger partial charge in [0, 0.05) is 20.3 Å². The molecule has 0 saturated carbocycles. The topological polar surface area (TPSA) is 64.3 Å². The van der Waals surface area contributed by atoms with Crippen molar-refractivity contribution in [2.75, 3.05) is 20.3 Å². The van der Waals surface area contributed by atoms with Crippen molar-refractivity contribution in [3.8, 4) is 0 Å². The maximum atomic E-state index is 11.4. The van der Waals surface area contributed by atoms with Crippen LogP contribution in [0.25, 0.3) is 0 Å². The van der Waals surface area contributed by atoms with E-state index in [0.29, 0.717) is 25.5 Å². The monoisotopic (exact) mass is 202 g/mol. The number of hydrogen-bond donors (Lipinski definition) is 2. The number of rotatable bonds is 7. The fourth-order valence-electron chi connectivity index (χ4n) is 1.01. The Hall–Kier alpha value is -0.610. The largest absolute Gasteiger partial charge is 0.385 e. The van der Waals surface area contributed by atoms with Gasteiger partial charge in [-0.25, -0.2) is 0 Å². The molecule has 0 saturated heterocycles. The molecule has 0 aliphatic heterocycles. The van der Waals surface area contributed by atoms with Crippen LogP contribution in [0.15, 0.2) is 0 Å². The van der Waals surface area contributed by atoms with Gasteiger partial charge in [-0.15, -0.1) is 0 Å². The van der Waals surface area contributed by atoms with E-state index in [1.807, 2.05) is 0 Å². The molecule has 0 aromatic rings. The molecule has 84 valence electrons. The summed E-state index contributed by atoms with van der Waals surface area (Å²) in [4.78, 5) is 11.4. The number of hydrogen-bond acceptors (Lipinski definition) is 3. The van der Waals surface area contributed by atoms with Crippen molar-refractivity contribution in [2.45, 2.75) is 32.7 Å². The first-order valence-corrected chi connectivity index (χ1v) is 5.10. The molecule has 14 heavy (non-hydrogen) atoms. The van der Waals surface area contributed by atoms with E-state index in [1.54, 1.807) is 7.11 Å². The van der Waals surface area contributed by atoms with Crippen LogP contribution >= 0.6 is 0 Å². The lowest BCUT2D eigenvalue weighted by Crippen LogP contribution is -2.41. The van der Waals surface area contributed by atoms with Crippen LogP contribution in [-0.4, -0.2) is 32.2 Å². The van der Waals surface area contributed by atoms with Crippen LogP contribution in [0.3, 0.4) is 0 Å². The fourth-order valence-corrected chi connectivity index (χ4v) is 1.01. The first-order valence-electron chi connectivity index (χ1n) is 5.10. The Balaban J connectivity index is 3.54. The number of carbonyl (C=O) groups is 1. The summed E-state index contributed by atoms with van der Waals surface area (Å²) in [6.45, 7) is 5.45. The average Bonchev–Trinajstić information content (AvgIpc) is 2.14. The highest BCUT2D eigenvalue weighted by atomic mass is 16.5. The first-order chi connectivity index (χ1) is 6.57. The van der Waals surface area contributed by atoms with Gasteiger partial charge in [-0.1, -0.05) is 13.8 Å². The minimum Gasteiger partial charge on any atom is -0.385 e. The minimum atomic E-state index is -0.399. The lowest BCUT2D eigenvalue weighted by molar-refractivity contribution is -0.122. The Labute approximate surface area is 86.2 Å². The number of carbonyl (C=O) groups excluding carboxylic acids is 1. The zero-order valence-corrected chi connectivity index (χ0v) is 9.38. The van der Waals surface area contributed by atoms with Crippen LogP contribution in [0.5, 0.6) is 0 Å². The highest BCUT2D eigenvalue weighted by Crippen LogP contribution is 1.95. The van der Waals surface area contributed by atoms with E-state index in [9.17, 15) is 4.79 Å². The van der Waals surface area contributed by atoms with Gasteiger partial charge >= 0.3 is 0 Å². The van der Waals surface area contributed by atoms with Crippen molar-refractivity contribution in [1.82, 2.24) is 5.32 Å². The van der Waals surface area contributed by atoms with Gasteiger partial charge in [0.05, 0.1) is 6.04 Å². The second kappa shape index (κ2) is 7.76. The number of ether oxygens (including phenoxy) is 1. The lowest BCUT2D eigenvalue weighted by atomic mass is 10.1. The Morgan fingerprint density at radius 1 is 1.50 bits per heavy atom. The van der Waals surface area contributed by atoms with Gasteiger partial charge in [-0.3, -0.25) is 4.79 Å². The second-order valence-electron chi connectivity index (χ2n) is 3.88. The van der Waals surface area contributed by atoms with Crippen LogP contribution in [0.1, 0.15) is 26.7 Å². The van der Waals surface area contributed by atoms with Crippen molar-refractivity contribution in [2.24, 2.45) is 11.7 Å². The zero-order valence-electron chi connectivity index (χ0n) is 9.38. The van der Waals surface area contributed by atoms with Gasteiger partial charge in [-0.2, -0.15) is 0 Å². The molecular formula is C10H22N2O2. The fraction of sp³-hybridized carbons (Fsp3) is 0.900. The van der Waals surface area contributed by atoms with Gasteiger partial charge in [0.1, 0.15) is 0 Å². The highest BCUT2D eigenvalue weighted by molar-refractivity contribution is 5.81. The smallest absolute Gasteiger partial charge is 0.236 e. The van der Waals surface area contributed by atoms with E-state index >= 15 is 0 Å². The highest BCUT2D eigenvalue weighted by Gasteiger charge is 2.12. The van der Waals surface area contributed by atoms with Crippen LogP contribution in [0, 0.1) is 5.92 Å². The molecule has 1 atom stereocenters. The SMILES string of the molecule is COCCCC(N)C(=O)NCC(C)C. The van der Waals surface area contributed by atoms with Crippen LogP contribution in [0.2, 0.25) is 0 Å². The summed E-state index contributed by atoms with van der Waals surface area (Å²) in [6.07, 6.45) is 1.50. The standard InChI is InChI=1S/C10H22N2O2/c1-8(2)7-12-10(13)9(11)5-4-6-14-3/h8-9H,4-7,11H2,1-3H3,(H,12,13). The molecule has 0 spiro atoms. The number of nitrogens with one attached hydrogen (secondary N) is 1. The molecule has 0 bridgehead atoms.